The molecule has 8 heteroatoms. The molecule has 0 amide bonds. The lowest BCUT2D eigenvalue weighted by Crippen LogP contribution is -2.19. The maximum atomic E-state index is 10.2. The fraction of sp³-hybridized carbons (Fsp3) is 0.529. The monoisotopic (exact) mass is 340 g/mol. The molecule has 25 heavy (non-hydrogen) atoms. The Balaban J connectivity index is 1.68. The van der Waals surface area contributed by atoms with Gasteiger partial charge in [0, 0.05) is 11.8 Å². The minimum absolute atomic E-state index is 0.0600. The summed E-state index contributed by atoms with van der Waals surface area (Å²) in [6.45, 7) is 0. The lowest BCUT2D eigenvalue weighted by atomic mass is 9.96. The van der Waals surface area contributed by atoms with E-state index in [1.165, 1.54) is 19.2 Å². The van der Waals surface area contributed by atoms with Crippen LogP contribution in [0.4, 0.5) is 5.82 Å². The molecular formula is C17H20N6O2. The van der Waals surface area contributed by atoms with Gasteiger partial charge < -0.3 is 15.5 Å². The average Bonchev–Trinajstić information content (AvgIpc) is 3.35. The molecule has 130 valence electrons. The number of hydrogen-bond acceptors (Lipinski definition) is 7. The predicted molar refractivity (Wildman–Crippen MR) is 89.1 cm³/mol. The van der Waals surface area contributed by atoms with Crippen LogP contribution in [0.15, 0.2) is 18.7 Å². The molecule has 3 unspecified atom stereocenters. The minimum Gasteiger partial charge on any atom is -0.383 e. The van der Waals surface area contributed by atoms with E-state index in [2.05, 4.69) is 26.5 Å². The SMILES string of the molecule is N#CCC(C1CCCC1)n1cc(-c2ncnc3c2C(O)C(O)N3)cn1. The van der Waals surface area contributed by atoms with Crippen molar-refractivity contribution in [1.82, 2.24) is 19.7 Å². The summed E-state index contributed by atoms with van der Waals surface area (Å²) in [5, 5.41) is 36.4. The molecule has 3 N–H and O–H groups in total. The molecule has 4 rings (SSSR count). The second-order valence-corrected chi connectivity index (χ2v) is 6.70. The molecule has 1 fully saturated rings. The molecule has 2 aromatic rings. The quantitative estimate of drug-likeness (QED) is 0.775. The number of aliphatic hydroxyl groups excluding tert-OH is 2. The van der Waals surface area contributed by atoms with Crippen molar-refractivity contribution in [2.24, 2.45) is 5.92 Å². The summed E-state index contributed by atoms with van der Waals surface area (Å²) in [6, 6.07) is 2.34. The smallest absolute Gasteiger partial charge is 0.156 e. The molecule has 0 bridgehead atoms. The van der Waals surface area contributed by atoms with Gasteiger partial charge in [0.05, 0.1) is 36.0 Å². The highest BCUT2D eigenvalue weighted by Crippen LogP contribution is 2.39. The van der Waals surface area contributed by atoms with Gasteiger partial charge in [0.25, 0.3) is 0 Å². The van der Waals surface area contributed by atoms with Gasteiger partial charge in [0.15, 0.2) is 6.23 Å². The lowest BCUT2D eigenvalue weighted by molar-refractivity contribution is 0.0464. The van der Waals surface area contributed by atoms with Crippen molar-refractivity contribution in [3.63, 3.8) is 0 Å². The Morgan fingerprint density at radius 1 is 1.32 bits per heavy atom. The highest BCUT2D eigenvalue weighted by molar-refractivity contribution is 5.70. The molecule has 1 aliphatic heterocycles. The first-order chi connectivity index (χ1) is 12.2. The molecule has 8 nitrogen and oxygen atoms in total. The number of fused-ring (bicyclic) bond motifs is 1. The predicted octanol–water partition coefficient (Wildman–Crippen LogP) is 1.76. The number of nitrogens with one attached hydrogen (secondary N) is 1. The first kappa shape index (κ1) is 16.0. The van der Waals surface area contributed by atoms with Gasteiger partial charge >= 0.3 is 0 Å². The van der Waals surface area contributed by atoms with Crippen LogP contribution in [0.1, 0.15) is 49.8 Å². The first-order valence-electron chi connectivity index (χ1n) is 8.58. The van der Waals surface area contributed by atoms with Crippen LogP contribution in [-0.2, 0) is 0 Å². The van der Waals surface area contributed by atoms with Gasteiger partial charge in [-0.3, -0.25) is 4.68 Å². The second kappa shape index (κ2) is 6.43. The average molecular weight is 340 g/mol. The van der Waals surface area contributed by atoms with E-state index in [9.17, 15) is 15.5 Å². The number of hydrogen-bond donors (Lipinski definition) is 3. The third-order valence-corrected chi connectivity index (χ3v) is 5.22. The van der Waals surface area contributed by atoms with E-state index in [0.717, 1.165) is 18.4 Å². The summed E-state index contributed by atoms with van der Waals surface area (Å²) in [5.74, 6) is 0.903. The fourth-order valence-electron chi connectivity index (χ4n) is 3.95. The van der Waals surface area contributed by atoms with Crippen molar-refractivity contribution in [3.8, 4) is 17.3 Å². The highest BCUT2D eigenvalue weighted by atomic mass is 16.3. The van der Waals surface area contributed by atoms with Crippen LogP contribution in [0.3, 0.4) is 0 Å². The minimum atomic E-state index is -1.09. The maximum absolute atomic E-state index is 10.2. The second-order valence-electron chi connectivity index (χ2n) is 6.70. The van der Waals surface area contributed by atoms with Crippen LogP contribution in [0.2, 0.25) is 0 Å². The third kappa shape index (κ3) is 2.75. The number of anilines is 1. The number of aromatic nitrogens is 4. The van der Waals surface area contributed by atoms with Gasteiger partial charge in [-0.15, -0.1) is 0 Å². The number of aliphatic hydroxyl groups is 2. The summed E-state index contributed by atoms with van der Waals surface area (Å²) in [4.78, 5) is 8.35. The Morgan fingerprint density at radius 3 is 2.88 bits per heavy atom. The Hall–Kier alpha value is -2.50. The summed E-state index contributed by atoms with van der Waals surface area (Å²) in [5.41, 5.74) is 1.77. The van der Waals surface area contributed by atoms with Crippen LogP contribution < -0.4 is 5.32 Å². The van der Waals surface area contributed by atoms with Crippen LogP contribution in [0.25, 0.3) is 11.3 Å². The zero-order chi connectivity index (χ0) is 17.4. The van der Waals surface area contributed by atoms with Gasteiger partial charge in [-0.25, -0.2) is 9.97 Å². The largest absolute Gasteiger partial charge is 0.383 e. The van der Waals surface area contributed by atoms with Crippen molar-refractivity contribution >= 4 is 5.82 Å². The number of nitrogens with zero attached hydrogens (tertiary/aromatic N) is 5. The molecule has 0 saturated heterocycles. The van der Waals surface area contributed by atoms with E-state index in [4.69, 9.17) is 0 Å². The summed E-state index contributed by atoms with van der Waals surface area (Å²) < 4.78 is 1.86. The maximum Gasteiger partial charge on any atom is 0.156 e. The molecule has 3 heterocycles. The van der Waals surface area contributed by atoms with Crippen molar-refractivity contribution in [1.29, 1.82) is 5.26 Å². The van der Waals surface area contributed by atoms with E-state index in [0.29, 0.717) is 29.4 Å². The van der Waals surface area contributed by atoms with Gasteiger partial charge in [-0.1, -0.05) is 12.8 Å². The Kier molecular flexibility index (Phi) is 4.11. The molecule has 1 saturated carbocycles. The Morgan fingerprint density at radius 2 is 2.12 bits per heavy atom. The standard InChI is InChI=1S/C17H20N6O2/c18-6-5-12(10-3-1-2-4-10)23-8-11(7-21-23)14-13-15(24)17(25)22-16(13)20-9-19-14/h7-10,12,15,17,24-25H,1-5H2,(H,19,20,22). The topological polar surface area (TPSA) is 120 Å². The normalized spacial score (nSPS) is 23.9. The fourth-order valence-corrected chi connectivity index (χ4v) is 3.95. The van der Waals surface area contributed by atoms with Crippen molar-refractivity contribution in [2.45, 2.75) is 50.5 Å². The Labute approximate surface area is 145 Å². The molecule has 2 aromatic heterocycles. The van der Waals surface area contributed by atoms with Crippen LogP contribution in [-0.4, -0.2) is 36.2 Å². The van der Waals surface area contributed by atoms with E-state index in [1.54, 1.807) is 6.20 Å². The van der Waals surface area contributed by atoms with E-state index >= 15 is 0 Å². The molecule has 0 aromatic carbocycles. The molecule has 1 aliphatic carbocycles. The number of rotatable bonds is 4. The zero-order valence-corrected chi connectivity index (χ0v) is 13.7. The Bertz CT molecular complexity index is 808. The first-order valence-corrected chi connectivity index (χ1v) is 8.58. The van der Waals surface area contributed by atoms with E-state index < -0.39 is 12.3 Å². The van der Waals surface area contributed by atoms with Crippen molar-refractivity contribution in [3.05, 3.63) is 24.3 Å². The van der Waals surface area contributed by atoms with Gasteiger partial charge in [0.2, 0.25) is 0 Å². The van der Waals surface area contributed by atoms with Crippen LogP contribution in [0, 0.1) is 17.2 Å². The molecule has 3 atom stereocenters. The number of nitriles is 1. The van der Waals surface area contributed by atoms with E-state index in [1.807, 2.05) is 10.9 Å². The summed E-state index contributed by atoms with van der Waals surface area (Å²) in [6.07, 6.45) is 7.87. The van der Waals surface area contributed by atoms with Crippen LogP contribution in [0.5, 0.6) is 0 Å². The van der Waals surface area contributed by atoms with Gasteiger partial charge in [-0.2, -0.15) is 10.4 Å². The summed E-state index contributed by atoms with van der Waals surface area (Å²) in [7, 11) is 0. The van der Waals surface area contributed by atoms with Crippen molar-refractivity contribution < 1.29 is 10.2 Å². The molecule has 0 spiro atoms. The highest BCUT2D eigenvalue weighted by Gasteiger charge is 2.34. The van der Waals surface area contributed by atoms with E-state index in [-0.39, 0.29) is 6.04 Å². The van der Waals surface area contributed by atoms with Crippen LogP contribution >= 0.6 is 0 Å². The third-order valence-electron chi connectivity index (χ3n) is 5.22. The molecular weight excluding hydrogens is 320 g/mol. The van der Waals surface area contributed by atoms with Gasteiger partial charge in [-0.05, 0) is 18.8 Å². The molecule has 0 radical (unpaired) electrons. The zero-order valence-electron chi connectivity index (χ0n) is 13.7. The van der Waals surface area contributed by atoms with Gasteiger partial charge in [0.1, 0.15) is 18.2 Å². The molecule has 2 aliphatic rings. The van der Waals surface area contributed by atoms with Crippen molar-refractivity contribution in [2.75, 3.05) is 5.32 Å². The summed E-state index contributed by atoms with van der Waals surface area (Å²) >= 11 is 0. The lowest BCUT2D eigenvalue weighted by Gasteiger charge is -2.21.